The van der Waals surface area contributed by atoms with E-state index in [1.165, 1.54) is 0 Å². The number of anilines is 2. The Kier molecular flexibility index (Phi) is 3.97. The monoisotopic (exact) mass is 207 g/mol. The van der Waals surface area contributed by atoms with Gasteiger partial charge in [-0.25, -0.2) is 0 Å². The van der Waals surface area contributed by atoms with Crippen molar-refractivity contribution in [2.75, 3.05) is 17.6 Å². The number of nitrogens with one attached hydrogen (secondary N) is 1. The zero-order valence-electron chi connectivity index (χ0n) is 8.92. The Morgan fingerprint density at radius 3 is 2.80 bits per heavy atom. The second-order valence-electron chi connectivity index (χ2n) is 3.45. The fourth-order valence-electron chi connectivity index (χ4n) is 1.29. The van der Waals surface area contributed by atoms with Crippen LogP contribution in [-0.4, -0.2) is 12.5 Å². The Hall–Kier alpha value is -1.71. The highest BCUT2D eigenvalue weighted by Gasteiger charge is 2.05. The van der Waals surface area contributed by atoms with Gasteiger partial charge in [-0.1, -0.05) is 13.3 Å². The standard InChI is InChI=1S/C11H17N3O/c1-2-3-6-14-8-4-5-10(12)9(7-8)11(13)15/h4-5,7,14H,2-3,6,12H2,1H3,(H2,13,15). The van der Waals surface area contributed by atoms with Crippen LogP contribution in [0.1, 0.15) is 30.1 Å². The van der Waals surface area contributed by atoms with Gasteiger partial charge in [0, 0.05) is 17.9 Å². The van der Waals surface area contributed by atoms with E-state index in [1.807, 2.05) is 6.07 Å². The fraction of sp³-hybridized carbons (Fsp3) is 0.364. The number of carbonyl (C=O) groups is 1. The Morgan fingerprint density at radius 2 is 2.20 bits per heavy atom. The van der Waals surface area contributed by atoms with Crippen LogP contribution in [0.2, 0.25) is 0 Å². The summed E-state index contributed by atoms with van der Waals surface area (Å²) in [6.07, 6.45) is 2.22. The molecule has 0 unspecified atom stereocenters. The first-order valence-corrected chi connectivity index (χ1v) is 5.08. The van der Waals surface area contributed by atoms with Gasteiger partial charge in [-0.15, -0.1) is 0 Å². The van der Waals surface area contributed by atoms with E-state index >= 15 is 0 Å². The van der Waals surface area contributed by atoms with Crippen molar-refractivity contribution in [3.05, 3.63) is 23.8 Å². The fourth-order valence-corrected chi connectivity index (χ4v) is 1.29. The molecular formula is C11H17N3O. The van der Waals surface area contributed by atoms with Crippen LogP contribution < -0.4 is 16.8 Å². The van der Waals surface area contributed by atoms with E-state index in [-0.39, 0.29) is 0 Å². The SMILES string of the molecule is CCCCNc1ccc(N)c(C(N)=O)c1. The lowest BCUT2D eigenvalue weighted by atomic mass is 10.1. The van der Waals surface area contributed by atoms with Crippen LogP contribution in [0.15, 0.2) is 18.2 Å². The molecule has 1 rings (SSSR count). The third-order valence-corrected chi connectivity index (χ3v) is 2.18. The van der Waals surface area contributed by atoms with Gasteiger partial charge in [0.25, 0.3) is 5.91 Å². The molecule has 1 aromatic rings. The molecule has 1 amide bonds. The lowest BCUT2D eigenvalue weighted by Gasteiger charge is -2.08. The molecule has 0 aliphatic heterocycles. The number of carbonyl (C=O) groups excluding carboxylic acids is 1. The topological polar surface area (TPSA) is 81.1 Å². The van der Waals surface area contributed by atoms with E-state index in [4.69, 9.17) is 11.5 Å². The lowest BCUT2D eigenvalue weighted by molar-refractivity contribution is 0.100. The molecule has 5 N–H and O–H groups in total. The number of rotatable bonds is 5. The molecule has 0 heterocycles. The molecule has 0 aliphatic carbocycles. The van der Waals surface area contributed by atoms with Gasteiger partial charge in [0.05, 0.1) is 5.56 Å². The first-order chi connectivity index (χ1) is 7.15. The molecule has 0 fully saturated rings. The summed E-state index contributed by atoms with van der Waals surface area (Å²) >= 11 is 0. The van der Waals surface area contributed by atoms with Crippen LogP contribution in [0.25, 0.3) is 0 Å². The third-order valence-electron chi connectivity index (χ3n) is 2.18. The summed E-state index contributed by atoms with van der Waals surface area (Å²) in [5, 5.41) is 3.20. The van der Waals surface area contributed by atoms with Gasteiger partial charge in [0.15, 0.2) is 0 Å². The Labute approximate surface area is 89.6 Å². The van der Waals surface area contributed by atoms with E-state index in [2.05, 4.69) is 12.2 Å². The van der Waals surface area contributed by atoms with Gasteiger partial charge in [-0.2, -0.15) is 0 Å². The molecule has 15 heavy (non-hydrogen) atoms. The molecule has 0 aromatic heterocycles. The van der Waals surface area contributed by atoms with Crippen LogP contribution >= 0.6 is 0 Å². The van der Waals surface area contributed by atoms with Gasteiger partial charge in [0.2, 0.25) is 0 Å². The maximum atomic E-state index is 11.0. The van der Waals surface area contributed by atoms with Gasteiger partial charge >= 0.3 is 0 Å². The van der Waals surface area contributed by atoms with Gasteiger partial charge in [-0.3, -0.25) is 4.79 Å². The molecule has 4 heteroatoms. The van der Waals surface area contributed by atoms with Crippen molar-refractivity contribution < 1.29 is 4.79 Å². The normalized spacial score (nSPS) is 9.93. The first kappa shape index (κ1) is 11.4. The van der Waals surface area contributed by atoms with Crippen molar-refractivity contribution in [1.82, 2.24) is 0 Å². The molecule has 0 atom stereocenters. The average Bonchev–Trinajstić information content (AvgIpc) is 2.20. The third kappa shape index (κ3) is 3.16. The summed E-state index contributed by atoms with van der Waals surface area (Å²) in [4.78, 5) is 11.0. The zero-order chi connectivity index (χ0) is 11.3. The first-order valence-electron chi connectivity index (χ1n) is 5.08. The van der Waals surface area contributed by atoms with Crippen molar-refractivity contribution in [2.24, 2.45) is 5.73 Å². The number of primary amides is 1. The van der Waals surface area contributed by atoms with Crippen LogP contribution in [0, 0.1) is 0 Å². The summed E-state index contributed by atoms with van der Waals surface area (Å²) < 4.78 is 0. The van der Waals surface area contributed by atoms with Crippen LogP contribution in [-0.2, 0) is 0 Å². The second kappa shape index (κ2) is 5.24. The molecule has 82 valence electrons. The predicted octanol–water partition coefficient (Wildman–Crippen LogP) is 1.58. The smallest absolute Gasteiger partial charge is 0.250 e. The highest BCUT2D eigenvalue weighted by molar-refractivity contribution is 5.98. The lowest BCUT2D eigenvalue weighted by Crippen LogP contribution is -2.14. The molecule has 0 aliphatic rings. The van der Waals surface area contributed by atoms with E-state index < -0.39 is 5.91 Å². The number of nitrogen functional groups attached to an aromatic ring is 1. The molecule has 0 bridgehead atoms. The second-order valence-corrected chi connectivity index (χ2v) is 3.45. The van der Waals surface area contributed by atoms with Crippen molar-refractivity contribution in [1.29, 1.82) is 0 Å². The summed E-state index contributed by atoms with van der Waals surface area (Å²) in [7, 11) is 0. The molecule has 0 saturated carbocycles. The minimum atomic E-state index is -0.494. The molecule has 0 spiro atoms. The molecule has 1 aromatic carbocycles. The van der Waals surface area contributed by atoms with E-state index in [0.717, 1.165) is 25.1 Å². The highest BCUT2D eigenvalue weighted by Crippen LogP contribution is 2.17. The van der Waals surface area contributed by atoms with E-state index in [0.29, 0.717) is 11.3 Å². The summed E-state index contributed by atoms with van der Waals surface area (Å²) in [5.74, 6) is -0.494. The number of unbranched alkanes of at least 4 members (excludes halogenated alkanes) is 1. The molecular weight excluding hydrogens is 190 g/mol. The van der Waals surface area contributed by atoms with Crippen molar-refractivity contribution in [3.8, 4) is 0 Å². The average molecular weight is 207 g/mol. The van der Waals surface area contributed by atoms with Gasteiger partial charge in [-0.05, 0) is 24.6 Å². The Bertz CT molecular complexity index is 350. The summed E-state index contributed by atoms with van der Waals surface area (Å²) in [5.41, 5.74) is 12.5. The maximum absolute atomic E-state index is 11.0. The number of hydrogen-bond donors (Lipinski definition) is 3. The molecule has 0 radical (unpaired) electrons. The van der Waals surface area contributed by atoms with Crippen molar-refractivity contribution in [2.45, 2.75) is 19.8 Å². The number of nitrogens with two attached hydrogens (primary N) is 2. The highest BCUT2D eigenvalue weighted by atomic mass is 16.1. The Balaban J connectivity index is 2.74. The Morgan fingerprint density at radius 1 is 1.47 bits per heavy atom. The van der Waals surface area contributed by atoms with Crippen molar-refractivity contribution in [3.63, 3.8) is 0 Å². The number of amides is 1. The zero-order valence-corrected chi connectivity index (χ0v) is 8.92. The quantitative estimate of drug-likeness (QED) is 0.506. The van der Waals surface area contributed by atoms with Gasteiger partial charge < -0.3 is 16.8 Å². The number of benzene rings is 1. The number of hydrogen-bond acceptors (Lipinski definition) is 3. The predicted molar refractivity (Wildman–Crippen MR) is 62.8 cm³/mol. The van der Waals surface area contributed by atoms with Crippen LogP contribution in [0.5, 0.6) is 0 Å². The summed E-state index contributed by atoms with van der Waals surface area (Å²) in [6.45, 7) is 3.01. The van der Waals surface area contributed by atoms with E-state index in [1.54, 1.807) is 12.1 Å². The van der Waals surface area contributed by atoms with Crippen molar-refractivity contribution >= 4 is 17.3 Å². The van der Waals surface area contributed by atoms with E-state index in [9.17, 15) is 4.79 Å². The maximum Gasteiger partial charge on any atom is 0.250 e. The minimum absolute atomic E-state index is 0.372. The van der Waals surface area contributed by atoms with Crippen LogP contribution in [0.3, 0.4) is 0 Å². The minimum Gasteiger partial charge on any atom is -0.398 e. The van der Waals surface area contributed by atoms with Gasteiger partial charge in [0.1, 0.15) is 0 Å². The largest absolute Gasteiger partial charge is 0.398 e. The summed E-state index contributed by atoms with van der Waals surface area (Å²) in [6, 6.07) is 5.22. The molecule has 0 saturated heterocycles. The van der Waals surface area contributed by atoms with Crippen LogP contribution in [0.4, 0.5) is 11.4 Å². The molecule has 4 nitrogen and oxygen atoms in total.